The number of cyclic esters (lactones) is 1. The van der Waals surface area contributed by atoms with Gasteiger partial charge in [-0.15, -0.1) is 0 Å². The molecule has 1 aliphatic rings. The van der Waals surface area contributed by atoms with E-state index in [9.17, 15) is 22.8 Å². The molecule has 0 saturated heterocycles. The first-order chi connectivity index (χ1) is 12.3. The number of ether oxygens (including phenoxy) is 2. The molecule has 1 atom stereocenters. The van der Waals surface area contributed by atoms with E-state index in [4.69, 9.17) is 9.47 Å². The topological polar surface area (TPSA) is 55.8 Å². The summed E-state index contributed by atoms with van der Waals surface area (Å²) in [5.74, 6) is -1.76. The second-order valence-corrected chi connectivity index (χ2v) is 5.41. The van der Waals surface area contributed by atoms with E-state index < -0.39 is 29.9 Å². The molecule has 0 aliphatic carbocycles. The van der Waals surface area contributed by atoms with Gasteiger partial charge in [0.25, 0.3) is 6.23 Å². The van der Waals surface area contributed by atoms with Crippen LogP contribution in [0.3, 0.4) is 0 Å². The van der Waals surface area contributed by atoms with Crippen LogP contribution in [-0.2, 0) is 20.4 Å². The van der Waals surface area contributed by atoms with Crippen LogP contribution in [0.15, 0.2) is 48.5 Å². The molecule has 0 fully saturated rings. The zero-order valence-corrected chi connectivity index (χ0v) is 13.6. The highest BCUT2D eigenvalue weighted by Crippen LogP contribution is 2.43. The number of rotatable bonds is 3. The third-order valence-electron chi connectivity index (χ3n) is 3.79. The first kappa shape index (κ1) is 17.8. The fourth-order valence-corrected chi connectivity index (χ4v) is 2.75. The average Bonchev–Trinajstić information content (AvgIpc) is 2.61. The maximum Gasteiger partial charge on any atom is 0.418 e. The molecule has 0 spiro atoms. The Morgan fingerprint density at radius 3 is 2.38 bits per heavy atom. The minimum absolute atomic E-state index is 0.0106. The van der Waals surface area contributed by atoms with Crippen LogP contribution in [0.1, 0.15) is 22.8 Å². The van der Waals surface area contributed by atoms with Gasteiger partial charge in [0.1, 0.15) is 0 Å². The van der Waals surface area contributed by atoms with Crippen LogP contribution in [0.25, 0.3) is 0 Å². The van der Waals surface area contributed by atoms with Crippen LogP contribution in [0, 0.1) is 0 Å². The van der Waals surface area contributed by atoms with E-state index in [0.717, 1.165) is 11.0 Å². The van der Waals surface area contributed by atoms with Gasteiger partial charge in [-0.2, -0.15) is 13.2 Å². The number of hydrogen-bond acceptors (Lipinski definition) is 5. The summed E-state index contributed by atoms with van der Waals surface area (Å²) in [5.41, 5.74) is -1.07. The van der Waals surface area contributed by atoms with Crippen LogP contribution < -0.4 is 4.90 Å². The summed E-state index contributed by atoms with van der Waals surface area (Å²) in [5, 5.41) is 0. The van der Waals surface area contributed by atoms with Crippen molar-refractivity contribution in [1.82, 2.24) is 0 Å². The summed E-state index contributed by atoms with van der Waals surface area (Å²) in [6.07, 6.45) is -6.31. The molecule has 0 saturated carbocycles. The van der Waals surface area contributed by atoms with Crippen molar-refractivity contribution in [3.63, 3.8) is 0 Å². The number of carbonyl (C=O) groups is 2. The number of fused-ring (bicyclic) bond motifs is 1. The van der Waals surface area contributed by atoms with E-state index >= 15 is 0 Å². The largest absolute Gasteiger partial charge is 0.462 e. The number of nitrogens with zero attached hydrogens (tertiary/aromatic N) is 1. The van der Waals surface area contributed by atoms with Gasteiger partial charge in [-0.3, -0.25) is 4.90 Å². The van der Waals surface area contributed by atoms with Crippen molar-refractivity contribution >= 4 is 23.3 Å². The molecule has 1 heterocycles. The van der Waals surface area contributed by atoms with Crippen LogP contribution in [0.4, 0.5) is 24.5 Å². The molecule has 136 valence electrons. The Morgan fingerprint density at radius 2 is 1.73 bits per heavy atom. The van der Waals surface area contributed by atoms with Gasteiger partial charge in [0.05, 0.1) is 29.1 Å². The average molecular weight is 365 g/mol. The molecule has 2 aromatic carbocycles. The zero-order valence-electron chi connectivity index (χ0n) is 13.6. The van der Waals surface area contributed by atoms with E-state index in [0.29, 0.717) is 0 Å². The fourth-order valence-electron chi connectivity index (χ4n) is 2.75. The van der Waals surface area contributed by atoms with Gasteiger partial charge in [-0.1, -0.05) is 24.3 Å². The molecule has 0 aromatic heterocycles. The summed E-state index contributed by atoms with van der Waals surface area (Å²) in [6.45, 7) is 1.54. The summed E-state index contributed by atoms with van der Waals surface area (Å²) in [6, 6.07) is 10.7. The van der Waals surface area contributed by atoms with Gasteiger partial charge >= 0.3 is 18.1 Å². The molecule has 2 aromatic rings. The number of carbonyl (C=O) groups excluding carboxylic acids is 2. The van der Waals surface area contributed by atoms with Gasteiger partial charge < -0.3 is 9.47 Å². The van der Waals surface area contributed by atoms with Crippen LogP contribution in [-0.4, -0.2) is 24.8 Å². The second-order valence-electron chi connectivity index (χ2n) is 5.41. The molecule has 1 unspecified atom stereocenters. The van der Waals surface area contributed by atoms with Gasteiger partial charge in [-0.05, 0) is 31.2 Å². The number of esters is 2. The van der Waals surface area contributed by atoms with Crippen molar-refractivity contribution in [2.24, 2.45) is 0 Å². The molecule has 1 aliphatic heterocycles. The SMILES string of the molecule is CCOC(=O)C1OC(=O)c2ccccc2N1c1ccccc1C(F)(F)F. The number of para-hydroxylation sites is 2. The van der Waals surface area contributed by atoms with E-state index in [-0.39, 0.29) is 23.5 Å². The molecular formula is C18H14F3NO4. The minimum atomic E-state index is -4.66. The summed E-state index contributed by atoms with van der Waals surface area (Å²) in [7, 11) is 0. The number of alkyl halides is 3. The maximum atomic E-state index is 13.5. The Hall–Kier alpha value is -3.03. The Bertz CT molecular complexity index is 850. The third kappa shape index (κ3) is 3.10. The van der Waals surface area contributed by atoms with Crippen molar-refractivity contribution in [1.29, 1.82) is 0 Å². The number of anilines is 2. The highest BCUT2D eigenvalue weighted by atomic mass is 19.4. The third-order valence-corrected chi connectivity index (χ3v) is 3.79. The summed E-state index contributed by atoms with van der Waals surface area (Å²) < 4.78 is 50.4. The molecule has 3 rings (SSSR count). The van der Waals surface area contributed by atoms with Gasteiger partial charge in [0, 0.05) is 0 Å². The van der Waals surface area contributed by atoms with Crippen molar-refractivity contribution in [2.45, 2.75) is 19.3 Å². The molecule has 26 heavy (non-hydrogen) atoms. The van der Waals surface area contributed by atoms with Crippen LogP contribution >= 0.6 is 0 Å². The van der Waals surface area contributed by atoms with Crippen LogP contribution in [0.2, 0.25) is 0 Å². The van der Waals surface area contributed by atoms with E-state index in [1.165, 1.54) is 30.3 Å². The smallest absolute Gasteiger partial charge is 0.418 e. The van der Waals surface area contributed by atoms with Crippen molar-refractivity contribution in [3.8, 4) is 0 Å². The molecule has 0 amide bonds. The monoisotopic (exact) mass is 365 g/mol. The zero-order chi connectivity index (χ0) is 18.9. The predicted octanol–water partition coefficient (Wildman–Crippen LogP) is 3.90. The molecule has 0 bridgehead atoms. The van der Waals surface area contributed by atoms with Gasteiger partial charge in [0.15, 0.2) is 0 Å². The normalized spacial score (nSPS) is 16.7. The number of benzene rings is 2. The Kier molecular flexibility index (Phi) is 4.58. The Labute approximate surface area is 146 Å². The Balaban J connectivity index is 2.22. The van der Waals surface area contributed by atoms with E-state index in [1.54, 1.807) is 19.1 Å². The standard InChI is InChI=1S/C18H14F3NO4/c1-2-25-17(24)15-22(13-9-5-3-7-11(13)16(23)26-15)14-10-6-4-8-12(14)18(19,20)21/h3-10,15H,2H2,1H3. The van der Waals surface area contributed by atoms with E-state index in [1.807, 2.05) is 0 Å². The quantitative estimate of drug-likeness (QED) is 0.772. The Morgan fingerprint density at radius 1 is 1.12 bits per heavy atom. The number of hydrogen-bond donors (Lipinski definition) is 0. The van der Waals surface area contributed by atoms with Crippen molar-refractivity contribution in [2.75, 3.05) is 11.5 Å². The highest BCUT2D eigenvalue weighted by Gasteiger charge is 2.43. The lowest BCUT2D eigenvalue weighted by atomic mass is 10.1. The summed E-state index contributed by atoms with van der Waals surface area (Å²) >= 11 is 0. The fraction of sp³-hybridized carbons (Fsp3) is 0.222. The first-order valence-electron chi connectivity index (χ1n) is 7.76. The lowest BCUT2D eigenvalue weighted by molar-refractivity contribution is -0.153. The second kappa shape index (κ2) is 6.70. The predicted molar refractivity (Wildman–Crippen MR) is 85.9 cm³/mol. The summed E-state index contributed by atoms with van der Waals surface area (Å²) in [4.78, 5) is 25.5. The molecule has 0 N–H and O–H groups in total. The van der Waals surface area contributed by atoms with E-state index in [2.05, 4.69) is 0 Å². The lowest BCUT2D eigenvalue weighted by Crippen LogP contribution is -2.47. The lowest BCUT2D eigenvalue weighted by Gasteiger charge is -2.37. The van der Waals surface area contributed by atoms with Crippen molar-refractivity contribution < 1.29 is 32.2 Å². The maximum absolute atomic E-state index is 13.5. The number of halogens is 3. The van der Waals surface area contributed by atoms with Crippen molar-refractivity contribution in [3.05, 3.63) is 59.7 Å². The van der Waals surface area contributed by atoms with Gasteiger partial charge in [-0.25, -0.2) is 9.59 Å². The van der Waals surface area contributed by atoms with Gasteiger partial charge in [0.2, 0.25) is 0 Å². The molecule has 8 heteroatoms. The first-order valence-corrected chi connectivity index (χ1v) is 7.76. The highest BCUT2D eigenvalue weighted by molar-refractivity contribution is 6.02. The minimum Gasteiger partial charge on any atom is -0.462 e. The molecule has 5 nitrogen and oxygen atoms in total. The molecular weight excluding hydrogens is 351 g/mol. The molecule has 0 radical (unpaired) electrons. The van der Waals surface area contributed by atoms with Crippen LogP contribution in [0.5, 0.6) is 0 Å².